The molecule has 30 heavy (non-hydrogen) atoms. The van der Waals surface area contributed by atoms with E-state index in [9.17, 15) is 9.90 Å². The molecule has 4 nitrogen and oxygen atoms in total. The molecule has 1 aromatic heterocycles. The Kier molecular flexibility index (Phi) is 4.39. The lowest BCUT2D eigenvalue weighted by Gasteiger charge is -2.50. The lowest BCUT2D eigenvalue weighted by molar-refractivity contribution is -0.123. The van der Waals surface area contributed by atoms with Gasteiger partial charge in [-0.2, -0.15) is 5.10 Å². The SMILES string of the molecule is C[C@@H]1C(=O)/C(=C\O)C[C@]2(c3ccccc3)c3c(c(-c4ccccc4)nn3C)CC[C@@H]12. The zero-order valence-corrected chi connectivity index (χ0v) is 17.4. The third-order valence-corrected chi connectivity index (χ3v) is 7.20. The van der Waals surface area contributed by atoms with Crippen molar-refractivity contribution in [2.75, 3.05) is 0 Å². The average Bonchev–Trinajstić information content (AvgIpc) is 3.14. The summed E-state index contributed by atoms with van der Waals surface area (Å²) in [5.41, 5.74) is 5.92. The Morgan fingerprint density at radius 2 is 1.77 bits per heavy atom. The zero-order valence-electron chi connectivity index (χ0n) is 17.4. The van der Waals surface area contributed by atoms with Gasteiger partial charge in [-0.15, -0.1) is 0 Å². The van der Waals surface area contributed by atoms with Crippen LogP contribution in [-0.4, -0.2) is 20.7 Å². The molecule has 0 unspecified atom stereocenters. The highest BCUT2D eigenvalue weighted by molar-refractivity contribution is 5.98. The standard InChI is InChI=1S/C26H26N2O2/c1-17-22-14-13-21-23(18-9-5-3-6-10-18)27-28(2)25(21)26(22,15-19(16-29)24(17)30)20-11-7-4-8-12-20/h3-12,16-17,22,29H,13-15H2,1-2H3/b19-16-/t17-,22-,26+/m0/s1. The molecule has 0 aliphatic heterocycles. The highest BCUT2D eigenvalue weighted by atomic mass is 16.2. The number of aryl methyl sites for hydroxylation is 1. The summed E-state index contributed by atoms with van der Waals surface area (Å²) in [5, 5.41) is 14.9. The highest BCUT2D eigenvalue weighted by Gasteiger charge is 2.55. The smallest absolute Gasteiger partial charge is 0.165 e. The molecule has 3 aromatic rings. The Morgan fingerprint density at radius 1 is 1.10 bits per heavy atom. The second kappa shape index (κ2) is 6.98. The quantitative estimate of drug-likeness (QED) is 0.489. The number of nitrogens with zero attached hydrogens (tertiary/aromatic N) is 2. The topological polar surface area (TPSA) is 55.1 Å². The van der Waals surface area contributed by atoms with Gasteiger partial charge in [-0.25, -0.2) is 0 Å². The van der Waals surface area contributed by atoms with Crippen LogP contribution in [0.5, 0.6) is 0 Å². The molecule has 2 aliphatic carbocycles. The fraction of sp³-hybridized carbons (Fsp3) is 0.308. The number of aromatic nitrogens is 2. The van der Waals surface area contributed by atoms with Crippen LogP contribution < -0.4 is 0 Å². The molecule has 0 bridgehead atoms. The number of fused-ring (bicyclic) bond motifs is 3. The van der Waals surface area contributed by atoms with E-state index < -0.39 is 0 Å². The summed E-state index contributed by atoms with van der Waals surface area (Å²) in [5.74, 6) is 0.0890. The van der Waals surface area contributed by atoms with Crippen LogP contribution in [0, 0.1) is 11.8 Å². The number of benzene rings is 2. The second-order valence-electron chi connectivity index (χ2n) is 8.63. The number of carbonyl (C=O) groups excluding carboxylic acids is 1. The van der Waals surface area contributed by atoms with Gasteiger partial charge in [-0.05, 0) is 30.7 Å². The van der Waals surface area contributed by atoms with E-state index in [1.54, 1.807) is 0 Å². The van der Waals surface area contributed by atoms with Crippen LogP contribution in [0.4, 0.5) is 0 Å². The van der Waals surface area contributed by atoms with Gasteiger partial charge in [-0.1, -0.05) is 67.6 Å². The summed E-state index contributed by atoms with van der Waals surface area (Å²) in [4.78, 5) is 13.0. The molecule has 152 valence electrons. The Morgan fingerprint density at radius 3 is 2.43 bits per heavy atom. The summed E-state index contributed by atoms with van der Waals surface area (Å²) in [6.45, 7) is 2.02. The lowest BCUT2D eigenvalue weighted by Crippen LogP contribution is -2.51. The molecule has 5 rings (SSSR count). The maximum atomic E-state index is 13.0. The number of Topliss-reactive ketones (excluding diaryl/α,β-unsaturated/α-hetero) is 1. The molecule has 2 aliphatic rings. The monoisotopic (exact) mass is 398 g/mol. The van der Waals surface area contributed by atoms with Crippen molar-refractivity contribution in [2.24, 2.45) is 18.9 Å². The van der Waals surface area contributed by atoms with Crippen LogP contribution in [0.1, 0.15) is 36.6 Å². The van der Waals surface area contributed by atoms with Crippen molar-refractivity contribution < 1.29 is 9.90 Å². The van der Waals surface area contributed by atoms with Crippen molar-refractivity contribution in [2.45, 2.75) is 31.6 Å². The Bertz CT molecular complexity index is 1130. The van der Waals surface area contributed by atoms with Gasteiger partial charge in [-0.3, -0.25) is 9.48 Å². The van der Waals surface area contributed by atoms with Crippen molar-refractivity contribution in [3.8, 4) is 11.3 Å². The molecule has 0 saturated heterocycles. The van der Waals surface area contributed by atoms with Crippen molar-refractivity contribution >= 4 is 5.78 Å². The number of aliphatic hydroxyl groups excluding tert-OH is 1. The van der Waals surface area contributed by atoms with Crippen LogP contribution in [-0.2, 0) is 23.7 Å². The van der Waals surface area contributed by atoms with E-state index in [2.05, 4.69) is 36.4 Å². The summed E-state index contributed by atoms with van der Waals surface area (Å²) in [7, 11) is 2.02. The van der Waals surface area contributed by atoms with E-state index in [1.807, 2.05) is 42.9 Å². The molecule has 1 N–H and O–H groups in total. The molecule has 1 heterocycles. The molecule has 0 spiro atoms. The number of ketones is 1. The number of hydrogen-bond acceptors (Lipinski definition) is 3. The molecular weight excluding hydrogens is 372 g/mol. The second-order valence-corrected chi connectivity index (χ2v) is 8.63. The fourth-order valence-electron chi connectivity index (χ4n) is 5.96. The first-order valence-electron chi connectivity index (χ1n) is 10.6. The molecule has 1 fully saturated rings. The van der Waals surface area contributed by atoms with Crippen LogP contribution in [0.3, 0.4) is 0 Å². The van der Waals surface area contributed by atoms with Gasteiger partial charge >= 0.3 is 0 Å². The van der Waals surface area contributed by atoms with E-state index in [4.69, 9.17) is 5.10 Å². The molecule has 2 aromatic carbocycles. The van der Waals surface area contributed by atoms with Crippen LogP contribution in [0.2, 0.25) is 0 Å². The largest absolute Gasteiger partial charge is 0.515 e. The predicted octanol–water partition coefficient (Wildman–Crippen LogP) is 4.99. The molecule has 0 radical (unpaired) electrons. The van der Waals surface area contributed by atoms with Gasteiger partial charge in [0.1, 0.15) is 0 Å². The maximum Gasteiger partial charge on any atom is 0.165 e. The number of aliphatic hydroxyl groups is 1. The normalized spacial score (nSPS) is 27.0. The number of carbonyl (C=O) groups is 1. The molecule has 4 heteroatoms. The first kappa shape index (κ1) is 18.9. The Hall–Kier alpha value is -3.14. The maximum absolute atomic E-state index is 13.0. The third kappa shape index (κ3) is 2.53. The fourth-order valence-corrected chi connectivity index (χ4v) is 5.96. The average molecular weight is 399 g/mol. The van der Waals surface area contributed by atoms with Gasteiger partial charge in [0.2, 0.25) is 0 Å². The van der Waals surface area contributed by atoms with Gasteiger partial charge < -0.3 is 5.11 Å². The Labute approximate surface area is 176 Å². The first-order chi connectivity index (χ1) is 14.6. The van der Waals surface area contributed by atoms with E-state index in [0.717, 1.165) is 30.4 Å². The minimum absolute atomic E-state index is 0.0722. The molecule has 1 saturated carbocycles. The minimum Gasteiger partial charge on any atom is -0.515 e. The minimum atomic E-state index is -0.383. The third-order valence-electron chi connectivity index (χ3n) is 7.20. The zero-order chi connectivity index (χ0) is 20.9. The van der Waals surface area contributed by atoms with Gasteiger partial charge in [0.15, 0.2) is 5.78 Å². The van der Waals surface area contributed by atoms with Gasteiger partial charge in [0, 0.05) is 35.1 Å². The predicted molar refractivity (Wildman–Crippen MR) is 117 cm³/mol. The summed E-state index contributed by atoms with van der Waals surface area (Å²) in [6.07, 6.45) is 3.37. The number of hydrogen-bond donors (Lipinski definition) is 1. The van der Waals surface area contributed by atoms with Gasteiger partial charge in [0.05, 0.1) is 17.6 Å². The van der Waals surface area contributed by atoms with E-state index in [-0.39, 0.29) is 23.0 Å². The number of allylic oxidation sites excluding steroid dienone is 1. The lowest BCUT2D eigenvalue weighted by atomic mass is 9.52. The highest BCUT2D eigenvalue weighted by Crippen LogP contribution is 2.57. The molecular formula is C26H26N2O2. The van der Waals surface area contributed by atoms with Crippen LogP contribution in [0.25, 0.3) is 11.3 Å². The van der Waals surface area contributed by atoms with E-state index >= 15 is 0 Å². The summed E-state index contributed by atoms with van der Waals surface area (Å²) >= 11 is 0. The molecule has 0 amide bonds. The van der Waals surface area contributed by atoms with E-state index in [1.165, 1.54) is 16.8 Å². The Balaban J connectivity index is 1.81. The number of rotatable bonds is 2. The van der Waals surface area contributed by atoms with Crippen molar-refractivity contribution in [3.63, 3.8) is 0 Å². The van der Waals surface area contributed by atoms with Crippen molar-refractivity contribution in [1.82, 2.24) is 9.78 Å². The van der Waals surface area contributed by atoms with Crippen LogP contribution in [0.15, 0.2) is 72.5 Å². The van der Waals surface area contributed by atoms with Gasteiger partial charge in [0.25, 0.3) is 0 Å². The summed E-state index contributed by atoms with van der Waals surface area (Å²) in [6, 6.07) is 20.8. The van der Waals surface area contributed by atoms with E-state index in [0.29, 0.717) is 12.0 Å². The van der Waals surface area contributed by atoms with Crippen molar-refractivity contribution in [3.05, 3.63) is 89.3 Å². The van der Waals surface area contributed by atoms with Crippen LogP contribution >= 0.6 is 0 Å². The first-order valence-corrected chi connectivity index (χ1v) is 10.6. The van der Waals surface area contributed by atoms with Crippen molar-refractivity contribution in [1.29, 1.82) is 0 Å². The summed E-state index contributed by atoms with van der Waals surface area (Å²) < 4.78 is 2.02. The molecule has 3 atom stereocenters.